The Morgan fingerprint density at radius 2 is 2.26 bits per heavy atom. The van der Waals surface area contributed by atoms with E-state index in [2.05, 4.69) is 28.5 Å². The number of ether oxygens (including phenoxy) is 1. The maximum absolute atomic E-state index is 5.63. The lowest BCUT2D eigenvalue weighted by Crippen LogP contribution is -2.28. The van der Waals surface area contributed by atoms with Crippen LogP contribution >= 0.6 is 0 Å². The van der Waals surface area contributed by atoms with Crippen molar-refractivity contribution in [2.75, 3.05) is 19.7 Å². The molecular weight excluding hydrogens is 236 g/mol. The largest absolute Gasteiger partial charge is 0.477 e. The fourth-order valence-electron chi connectivity index (χ4n) is 2.35. The molecule has 2 fully saturated rings. The molecule has 3 rings (SSSR count). The summed E-state index contributed by atoms with van der Waals surface area (Å²) in [6.45, 7) is 3.10. The molecule has 19 heavy (non-hydrogen) atoms. The highest BCUT2D eigenvalue weighted by molar-refractivity contribution is 5.48. The minimum Gasteiger partial charge on any atom is -0.477 e. The number of rotatable bonds is 5. The maximum Gasteiger partial charge on any atom is 0.213 e. The topological polar surface area (TPSA) is 34.1 Å². The number of hydrogen-bond acceptors (Lipinski definition) is 3. The van der Waals surface area contributed by atoms with Crippen molar-refractivity contribution in [3.8, 4) is 5.88 Å². The number of aromatic nitrogens is 1. The summed E-state index contributed by atoms with van der Waals surface area (Å²) in [5, 5.41) is 3.43. The molecule has 1 saturated heterocycles. The Balaban J connectivity index is 1.50. The summed E-state index contributed by atoms with van der Waals surface area (Å²) in [4.78, 5) is 4.35. The molecule has 0 aromatic carbocycles. The third-order valence-electron chi connectivity index (χ3n) is 3.82. The van der Waals surface area contributed by atoms with E-state index in [1.165, 1.54) is 32.2 Å². The van der Waals surface area contributed by atoms with Crippen LogP contribution in [0.2, 0.25) is 0 Å². The third kappa shape index (κ3) is 4.06. The average molecular weight is 258 g/mol. The van der Waals surface area contributed by atoms with Crippen molar-refractivity contribution in [3.63, 3.8) is 0 Å². The molecule has 2 heterocycles. The van der Waals surface area contributed by atoms with Gasteiger partial charge in [0, 0.05) is 18.8 Å². The van der Waals surface area contributed by atoms with E-state index in [0.29, 0.717) is 5.92 Å². The second-order valence-electron chi connectivity index (χ2n) is 5.65. The van der Waals surface area contributed by atoms with Gasteiger partial charge in [0.2, 0.25) is 5.88 Å². The molecule has 3 nitrogen and oxygen atoms in total. The summed E-state index contributed by atoms with van der Waals surface area (Å²) in [6, 6.07) is 4.06. The van der Waals surface area contributed by atoms with Crippen LogP contribution in [0.3, 0.4) is 0 Å². The predicted octanol–water partition coefficient (Wildman–Crippen LogP) is 2.88. The van der Waals surface area contributed by atoms with E-state index < -0.39 is 0 Å². The van der Waals surface area contributed by atoms with E-state index in [0.717, 1.165) is 30.5 Å². The van der Waals surface area contributed by atoms with Gasteiger partial charge in [-0.05, 0) is 55.7 Å². The summed E-state index contributed by atoms with van der Waals surface area (Å²) < 4.78 is 5.63. The van der Waals surface area contributed by atoms with Gasteiger partial charge in [0.25, 0.3) is 0 Å². The van der Waals surface area contributed by atoms with Crippen LogP contribution in [0.5, 0.6) is 5.88 Å². The molecule has 0 bridgehead atoms. The van der Waals surface area contributed by atoms with Gasteiger partial charge in [0.05, 0.1) is 6.61 Å². The van der Waals surface area contributed by atoms with Gasteiger partial charge in [0.1, 0.15) is 0 Å². The zero-order valence-corrected chi connectivity index (χ0v) is 11.3. The van der Waals surface area contributed by atoms with Crippen molar-refractivity contribution >= 4 is 6.08 Å². The highest BCUT2D eigenvalue weighted by atomic mass is 16.5. The molecule has 1 atom stereocenters. The summed E-state index contributed by atoms with van der Waals surface area (Å²) >= 11 is 0. The third-order valence-corrected chi connectivity index (χ3v) is 3.82. The Morgan fingerprint density at radius 3 is 2.95 bits per heavy atom. The molecular formula is C16H22N2O. The molecule has 0 spiro atoms. The van der Waals surface area contributed by atoms with E-state index >= 15 is 0 Å². The monoisotopic (exact) mass is 258 g/mol. The van der Waals surface area contributed by atoms with Crippen molar-refractivity contribution in [1.29, 1.82) is 0 Å². The standard InChI is InChI=1S/C16H22N2O/c1-2-13(10-17-9-1)3-4-14-7-8-16(18-11-14)19-12-15-5-6-15/h3-4,7-8,11,13,15,17H,1-2,5-6,9-10,12H2/b4-3+/t13-/m0/s1. The first-order valence-electron chi connectivity index (χ1n) is 7.38. The van der Waals surface area contributed by atoms with Gasteiger partial charge in [0.15, 0.2) is 0 Å². The molecule has 3 heteroatoms. The molecule has 0 unspecified atom stereocenters. The van der Waals surface area contributed by atoms with Crippen LogP contribution < -0.4 is 10.1 Å². The van der Waals surface area contributed by atoms with Crippen LogP contribution in [0.4, 0.5) is 0 Å². The van der Waals surface area contributed by atoms with E-state index in [4.69, 9.17) is 4.74 Å². The fourth-order valence-corrected chi connectivity index (χ4v) is 2.35. The predicted molar refractivity (Wildman–Crippen MR) is 77.1 cm³/mol. The molecule has 1 saturated carbocycles. The number of nitrogens with one attached hydrogen (secondary N) is 1. The second-order valence-corrected chi connectivity index (χ2v) is 5.65. The minimum atomic E-state index is 0.666. The smallest absolute Gasteiger partial charge is 0.213 e. The van der Waals surface area contributed by atoms with Crippen molar-refractivity contribution in [2.24, 2.45) is 11.8 Å². The van der Waals surface area contributed by atoms with Crippen LogP contribution in [0.25, 0.3) is 6.08 Å². The van der Waals surface area contributed by atoms with Gasteiger partial charge in [-0.3, -0.25) is 0 Å². The fraction of sp³-hybridized carbons (Fsp3) is 0.562. The zero-order valence-electron chi connectivity index (χ0n) is 11.3. The minimum absolute atomic E-state index is 0.666. The quantitative estimate of drug-likeness (QED) is 0.882. The molecule has 0 radical (unpaired) electrons. The number of hydrogen-bond donors (Lipinski definition) is 1. The van der Waals surface area contributed by atoms with Gasteiger partial charge in [-0.2, -0.15) is 0 Å². The Hall–Kier alpha value is -1.35. The lowest BCUT2D eigenvalue weighted by Gasteiger charge is -2.19. The Labute approximate surface area is 115 Å². The molecule has 2 aliphatic rings. The first kappa shape index (κ1) is 12.7. The van der Waals surface area contributed by atoms with Gasteiger partial charge >= 0.3 is 0 Å². The van der Waals surface area contributed by atoms with Crippen LogP contribution in [-0.2, 0) is 0 Å². The van der Waals surface area contributed by atoms with Crippen molar-refractivity contribution in [3.05, 3.63) is 30.0 Å². The number of nitrogens with zero attached hydrogens (tertiary/aromatic N) is 1. The summed E-state index contributed by atoms with van der Waals surface area (Å²) in [7, 11) is 0. The molecule has 0 amide bonds. The Kier molecular flexibility index (Phi) is 4.13. The van der Waals surface area contributed by atoms with Gasteiger partial charge in [-0.15, -0.1) is 0 Å². The SMILES string of the molecule is C(=C\[C@@H]1CCCNC1)/c1ccc(OCC2CC2)nc1. The summed E-state index contributed by atoms with van der Waals surface area (Å²) in [6.07, 6.45) is 11.6. The van der Waals surface area contributed by atoms with Gasteiger partial charge in [-0.25, -0.2) is 4.98 Å². The maximum atomic E-state index is 5.63. The highest BCUT2D eigenvalue weighted by Crippen LogP contribution is 2.29. The first-order chi connectivity index (χ1) is 9.40. The average Bonchev–Trinajstić information content (AvgIpc) is 3.29. The van der Waals surface area contributed by atoms with Gasteiger partial charge in [-0.1, -0.05) is 12.2 Å². The zero-order chi connectivity index (χ0) is 12.9. The Bertz CT molecular complexity index is 417. The van der Waals surface area contributed by atoms with E-state index in [9.17, 15) is 0 Å². The van der Waals surface area contributed by atoms with E-state index in [1.54, 1.807) is 0 Å². The van der Waals surface area contributed by atoms with Crippen molar-refractivity contribution in [1.82, 2.24) is 10.3 Å². The molecule has 102 valence electrons. The van der Waals surface area contributed by atoms with Crippen LogP contribution in [0.1, 0.15) is 31.2 Å². The van der Waals surface area contributed by atoms with Crippen LogP contribution in [-0.4, -0.2) is 24.7 Å². The van der Waals surface area contributed by atoms with E-state index in [-0.39, 0.29) is 0 Å². The lowest BCUT2D eigenvalue weighted by molar-refractivity contribution is 0.288. The molecule has 1 N–H and O–H groups in total. The normalized spacial score (nSPS) is 23.7. The second kappa shape index (κ2) is 6.20. The van der Waals surface area contributed by atoms with Gasteiger partial charge < -0.3 is 10.1 Å². The van der Waals surface area contributed by atoms with Crippen molar-refractivity contribution < 1.29 is 4.74 Å². The number of pyridine rings is 1. The Morgan fingerprint density at radius 1 is 1.32 bits per heavy atom. The molecule has 1 aromatic heterocycles. The molecule has 1 aromatic rings. The molecule has 1 aliphatic carbocycles. The van der Waals surface area contributed by atoms with Crippen LogP contribution in [0, 0.1) is 11.8 Å². The lowest BCUT2D eigenvalue weighted by atomic mass is 9.98. The summed E-state index contributed by atoms with van der Waals surface area (Å²) in [5.74, 6) is 2.20. The van der Waals surface area contributed by atoms with Crippen LogP contribution in [0.15, 0.2) is 24.4 Å². The van der Waals surface area contributed by atoms with E-state index in [1.807, 2.05) is 12.3 Å². The van der Waals surface area contributed by atoms with Crippen molar-refractivity contribution in [2.45, 2.75) is 25.7 Å². The number of piperidine rings is 1. The first-order valence-corrected chi connectivity index (χ1v) is 7.38. The molecule has 1 aliphatic heterocycles. The highest BCUT2D eigenvalue weighted by Gasteiger charge is 2.21. The summed E-state index contributed by atoms with van der Waals surface area (Å²) in [5.41, 5.74) is 1.16.